The highest BCUT2D eigenvalue weighted by Crippen LogP contribution is 2.50. The van der Waals surface area contributed by atoms with E-state index in [0.29, 0.717) is 0 Å². The minimum atomic E-state index is -0.0555. The molecule has 1 aliphatic carbocycles. The van der Waals surface area contributed by atoms with Gasteiger partial charge in [0.2, 0.25) is 0 Å². The molecule has 69 heavy (non-hydrogen) atoms. The fraction of sp³-hybridized carbons (Fsp3) is 0.0448. The van der Waals surface area contributed by atoms with Crippen molar-refractivity contribution in [3.63, 3.8) is 0 Å². The largest absolute Gasteiger partial charge is 0.311 e. The van der Waals surface area contributed by atoms with Gasteiger partial charge in [-0.15, -0.1) is 0 Å². The quantitative estimate of drug-likeness (QED) is 0.148. The minimum absolute atomic E-state index is 0.0555. The number of fused-ring (bicyclic) bond motifs is 7. The average Bonchev–Trinajstić information content (AvgIpc) is 3.87. The summed E-state index contributed by atoms with van der Waals surface area (Å²) in [6.45, 7) is 4.70. The van der Waals surface area contributed by atoms with Gasteiger partial charge in [-0.3, -0.25) is 0 Å². The zero-order valence-electron chi connectivity index (χ0n) is 38.6. The van der Waals surface area contributed by atoms with E-state index in [1.54, 1.807) is 0 Å². The van der Waals surface area contributed by atoms with Crippen LogP contribution < -0.4 is 4.90 Å². The molecule has 326 valence electrons. The first kappa shape index (κ1) is 40.5. The predicted molar refractivity (Wildman–Crippen MR) is 292 cm³/mol. The fourth-order valence-electron chi connectivity index (χ4n) is 11.1. The van der Waals surface area contributed by atoms with Crippen molar-refractivity contribution in [1.29, 1.82) is 0 Å². The first-order chi connectivity index (χ1) is 34.0. The second-order valence-electron chi connectivity index (χ2n) is 18.9. The minimum Gasteiger partial charge on any atom is -0.311 e. The summed E-state index contributed by atoms with van der Waals surface area (Å²) in [5.74, 6) is 0. The summed E-state index contributed by atoms with van der Waals surface area (Å²) in [5.41, 5.74) is 21.8. The summed E-state index contributed by atoms with van der Waals surface area (Å²) in [4.78, 5) is 2.38. The van der Waals surface area contributed by atoms with Crippen molar-refractivity contribution in [2.45, 2.75) is 19.3 Å². The third-order valence-corrected chi connectivity index (χ3v) is 14.6. The molecule has 1 aliphatic rings. The van der Waals surface area contributed by atoms with Crippen LogP contribution in [0.25, 0.3) is 93.9 Å². The van der Waals surface area contributed by atoms with Gasteiger partial charge in [0.15, 0.2) is 0 Å². The van der Waals surface area contributed by atoms with Crippen LogP contribution in [-0.2, 0) is 5.41 Å². The van der Waals surface area contributed by atoms with E-state index in [2.05, 4.69) is 278 Å². The van der Waals surface area contributed by atoms with E-state index < -0.39 is 0 Å². The Morgan fingerprint density at radius 2 is 0.754 bits per heavy atom. The van der Waals surface area contributed by atoms with Crippen LogP contribution in [0.4, 0.5) is 17.1 Å². The molecule has 0 aliphatic heterocycles. The van der Waals surface area contributed by atoms with Crippen LogP contribution in [0, 0.1) is 0 Å². The Morgan fingerprint density at radius 3 is 1.41 bits per heavy atom. The topological polar surface area (TPSA) is 8.17 Å². The van der Waals surface area contributed by atoms with Gasteiger partial charge in [-0.2, -0.15) is 0 Å². The molecule has 1 heterocycles. The third kappa shape index (κ3) is 6.79. The number of anilines is 3. The highest BCUT2D eigenvalue weighted by atomic mass is 15.1. The van der Waals surface area contributed by atoms with Gasteiger partial charge < -0.3 is 9.47 Å². The van der Waals surface area contributed by atoms with Crippen LogP contribution in [0.5, 0.6) is 0 Å². The lowest BCUT2D eigenvalue weighted by atomic mass is 9.81. The Kier molecular flexibility index (Phi) is 9.55. The van der Waals surface area contributed by atoms with E-state index in [4.69, 9.17) is 0 Å². The molecule has 0 saturated heterocycles. The second-order valence-corrected chi connectivity index (χ2v) is 18.9. The van der Waals surface area contributed by atoms with E-state index in [1.807, 2.05) is 0 Å². The lowest BCUT2D eigenvalue weighted by molar-refractivity contribution is 0.660. The van der Waals surface area contributed by atoms with Gasteiger partial charge in [-0.05, 0) is 139 Å². The molecule has 0 spiro atoms. The average molecular weight is 881 g/mol. The smallest absolute Gasteiger partial charge is 0.0541 e. The molecule has 11 aromatic carbocycles. The lowest BCUT2D eigenvalue weighted by Gasteiger charge is -2.26. The number of para-hydroxylation sites is 3. The Balaban J connectivity index is 0.884. The number of hydrogen-bond donors (Lipinski definition) is 0. The normalized spacial score (nSPS) is 12.6. The third-order valence-electron chi connectivity index (χ3n) is 14.6. The molecule has 0 saturated carbocycles. The van der Waals surface area contributed by atoms with Crippen molar-refractivity contribution in [3.8, 4) is 61.3 Å². The summed E-state index contributed by atoms with van der Waals surface area (Å²) < 4.78 is 2.43. The summed E-state index contributed by atoms with van der Waals surface area (Å²) in [5, 5.41) is 5.01. The molecule has 0 radical (unpaired) electrons. The van der Waals surface area contributed by atoms with Gasteiger partial charge in [0.1, 0.15) is 0 Å². The van der Waals surface area contributed by atoms with Crippen molar-refractivity contribution < 1.29 is 0 Å². The first-order valence-corrected chi connectivity index (χ1v) is 24.0. The predicted octanol–water partition coefficient (Wildman–Crippen LogP) is 18.4. The van der Waals surface area contributed by atoms with Crippen LogP contribution in [0.15, 0.2) is 255 Å². The molecule has 0 fully saturated rings. The van der Waals surface area contributed by atoms with E-state index in [0.717, 1.165) is 28.3 Å². The van der Waals surface area contributed by atoms with E-state index >= 15 is 0 Å². The SMILES string of the molecule is CC1(C)c2ccccc2-c2ccc(-c3ccc(N(c4ccc(-c5ccc6ccccc6c5)cc4)c4ccc(-c5ccccc5-c5ccccc5-n5c6ccccc6c6ccccc65)cc4)cc3)cc21. The fourth-order valence-corrected chi connectivity index (χ4v) is 11.1. The summed E-state index contributed by atoms with van der Waals surface area (Å²) >= 11 is 0. The highest BCUT2D eigenvalue weighted by molar-refractivity contribution is 6.10. The Hall–Kier alpha value is -8.72. The maximum atomic E-state index is 2.43. The van der Waals surface area contributed by atoms with Crippen molar-refractivity contribution in [2.75, 3.05) is 4.90 Å². The van der Waals surface area contributed by atoms with Gasteiger partial charge in [0.05, 0.1) is 16.7 Å². The Bertz CT molecular complexity index is 3860. The zero-order chi connectivity index (χ0) is 46.1. The molecule has 13 rings (SSSR count). The van der Waals surface area contributed by atoms with Crippen LogP contribution in [0.2, 0.25) is 0 Å². The molecule has 0 unspecified atom stereocenters. The van der Waals surface area contributed by atoms with Crippen LogP contribution in [0.3, 0.4) is 0 Å². The summed E-state index contributed by atoms with van der Waals surface area (Å²) in [6.07, 6.45) is 0. The van der Waals surface area contributed by atoms with E-state index in [1.165, 1.54) is 93.8 Å². The molecule has 2 nitrogen and oxygen atoms in total. The number of aromatic nitrogens is 1. The van der Waals surface area contributed by atoms with Gasteiger partial charge in [0, 0.05) is 38.8 Å². The van der Waals surface area contributed by atoms with Gasteiger partial charge in [0.25, 0.3) is 0 Å². The van der Waals surface area contributed by atoms with E-state index in [9.17, 15) is 0 Å². The number of rotatable bonds is 8. The van der Waals surface area contributed by atoms with Crippen LogP contribution >= 0.6 is 0 Å². The van der Waals surface area contributed by atoms with Crippen molar-refractivity contribution in [3.05, 3.63) is 266 Å². The van der Waals surface area contributed by atoms with Crippen molar-refractivity contribution in [2.24, 2.45) is 0 Å². The van der Waals surface area contributed by atoms with Gasteiger partial charge in [-0.1, -0.05) is 202 Å². The first-order valence-electron chi connectivity index (χ1n) is 24.0. The molecular formula is C67H48N2. The zero-order valence-corrected chi connectivity index (χ0v) is 38.6. The molecule has 0 amide bonds. The van der Waals surface area contributed by atoms with Crippen molar-refractivity contribution in [1.82, 2.24) is 4.57 Å². The van der Waals surface area contributed by atoms with Gasteiger partial charge in [-0.25, -0.2) is 0 Å². The number of hydrogen-bond acceptors (Lipinski definition) is 1. The summed E-state index contributed by atoms with van der Waals surface area (Å²) in [7, 11) is 0. The number of nitrogens with zero attached hydrogens (tertiary/aromatic N) is 2. The maximum absolute atomic E-state index is 2.43. The lowest BCUT2D eigenvalue weighted by Crippen LogP contribution is -2.14. The molecule has 0 N–H and O–H groups in total. The highest BCUT2D eigenvalue weighted by Gasteiger charge is 2.35. The Morgan fingerprint density at radius 1 is 0.304 bits per heavy atom. The van der Waals surface area contributed by atoms with E-state index in [-0.39, 0.29) is 5.41 Å². The van der Waals surface area contributed by atoms with Crippen molar-refractivity contribution >= 4 is 49.6 Å². The molecule has 12 aromatic rings. The van der Waals surface area contributed by atoms with Crippen LogP contribution in [-0.4, -0.2) is 4.57 Å². The maximum Gasteiger partial charge on any atom is 0.0541 e. The standard InChI is InChI=1S/C67H48N2/c1-67(2)62-23-11-7-19-57(62)58-42-35-51(44-63(58)67)47-31-38-53(39-32-47)68(52-36-29-46(30-37-52)50-28-27-45-15-3-4-16-49(45)43-50)54-40-33-48(34-41-54)55-17-5-6-18-56(55)59-20-8-12-24-64(59)69-65-25-13-9-21-60(65)61-22-10-14-26-66(61)69/h3-44H,1-2H3. The molecule has 2 heteroatoms. The second kappa shape index (κ2) is 16.3. The Labute approximate surface area is 403 Å². The molecule has 0 atom stereocenters. The molecule has 1 aromatic heterocycles. The van der Waals surface area contributed by atoms with Crippen LogP contribution in [0.1, 0.15) is 25.0 Å². The molecular weight excluding hydrogens is 833 g/mol. The van der Waals surface area contributed by atoms with Gasteiger partial charge >= 0.3 is 0 Å². The monoisotopic (exact) mass is 880 g/mol. The number of benzene rings is 11. The molecule has 0 bridgehead atoms. The summed E-state index contributed by atoms with van der Waals surface area (Å²) in [6, 6.07) is 93.6.